The smallest absolute Gasteiger partial charge is 0.123 e. The van der Waals surface area contributed by atoms with Crippen molar-refractivity contribution in [2.75, 3.05) is 0 Å². The van der Waals surface area contributed by atoms with Crippen LogP contribution in [0.15, 0.2) is 364 Å². The molecule has 10 heteroatoms. The molecular weight excluding hydrogens is 1420 g/mol. The zero-order valence-corrected chi connectivity index (χ0v) is 64.3. The SMILES string of the molecule is c1ccc(COc2cc3c(OCc4ccccc4)cc2Cc2cc(OCc4ccccc4)c(cc2OCc2ccccc2)Cc2cc(OCc4ccccc4)c(cc2OCc2ccccc2)Cc2cc(OCc4ccccc4)c(cc2OCc2ccccc2)Cc2cc(OCc4ccccc4)c(cc2OCc2ccccc2)C3)cc1. The zero-order chi connectivity index (χ0) is 77.4. The lowest BCUT2D eigenvalue weighted by Gasteiger charge is -2.22. The molecule has 15 aromatic carbocycles. The van der Waals surface area contributed by atoms with Gasteiger partial charge in [-0.1, -0.05) is 303 Å². The lowest BCUT2D eigenvalue weighted by atomic mass is 9.94. The Morgan fingerprint density at radius 2 is 0.209 bits per heavy atom. The average Bonchev–Trinajstić information content (AvgIpc) is 1.63. The molecule has 10 nitrogen and oxygen atoms in total. The number of benzene rings is 15. The van der Waals surface area contributed by atoms with Gasteiger partial charge < -0.3 is 47.4 Å². The van der Waals surface area contributed by atoms with Crippen LogP contribution in [0.4, 0.5) is 0 Å². The minimum absolute atomic E-state index is 0.290. The Morgan fingerprint density at radius 1 is 0.122 bits per heavy atom. The average molecular weight is 1510 g/mol. The Balaban J connectivity index is 0.959. The van der Waals surface area contributed by atoms with E-state index in [1.807, 2.05) is 182 Å². The number of hydrogen-bond donors (Lipinski definition) is 0. The van der Waals surface area contributed by atoms with Gasteiger partial charge in [-0.25, -0.2) is 0 Å². The highest BCUT2D eigenvalue weighted by molar-refractivity contribution is 5.61. The van der Waals surface area contributed by atoms with E-state index in [1.165, 1.54) is 0 Å². The molecule has 0 saturated heterocycles. The van der Waals surface area contributed by atoms with E-state index in [9.17, 15) is 0 Å². The summed E-state index contributed by atoms with van der Waals surface area (Å²) in [5.41, 5.74) is 18.9. The molecule has 0 saturated carbocycles. The van der Waals surface area contributed by atoms with Gasteiger partial charge in [0.15, 0.2) is 0 Å². The van der Waals surface area contributed by atoms with Crippen LogP contribution in [-0.2, 0) is 98.2 Å². The van der Waals surface area contributed by atoms with Gasteiger partial charge in [0.1, 0.15) is 124 Å². The Bertz CT molecular complexity index is 4440. The molecule has 570 valence electrons. The summed E-state index contributed by atoms with van der Waals surface area (Å²) in [5.74, 6) is 6.72. The molecule has 0 heterocycles. The maximum atomic E-state index is 7.25. The first-order valence-electron chi connectivity index (χ1n) is 39.4. The monoisotopic (exact) mass is 1510 g/mol. The van der Waals surface area contributed by atoms with Crippen molar-refractivity contribution >= 4 is 0 Å². The van der Waals surface area contributed by atoms with Gasteiger partial charge in [0.05, 0.1) is 0 Å². The first kappa shape index (κ1) is 75.3. The molecule has 10 bridgehead atoms. The quantitative estimate of drug-likeness (QED) is 0.0433. The number of rotatable bonds is 30. The molecule has 15 aromatic rings. The van der Waals surface area contributed by atoms with Crippen molar-refractivity contribution in [3.63, 3.8) is 0 Å². The fraction of sp³-hybridized carbons (Fsp3) is 0.143. The molecule has 0 fully saturated rings. The third kappa shape index (κ3) is 20.7. The summed E-state index contributed by atoms with van der Waals surface area (Å²) in [7, 11) is 0. The third-order valence-corrected chi connectivity index (χ3v) is 20.5. The Kier molecular flexibility index (Phi) is 24.9. The Hall–Kier alpha value is -13.7. The summed E-state index contributed by atoms with van der Waals surface area (Å²) in [6, 6.07) is 125. The van der Waals surface area contributed by atoms with Crippen molar-refractivity contribution in [3.05, 3.63) is 475 Å². The van der Waals surface area contributed by atoms with Gasteiger partial charge in [0.25, 0.3) is 0 Å². The van der Waals surface area contributed by atoms with Gasteiger partial charge in [-0.2, -0.15) is 0 Å². The molecule has 0 atom stereocenters. The molecule has 0 spiro atoms. The minimum Gasteiger partial charge on any atom is -0.489 e. The van der Waals surface area contributed by atoms with E-state index in [-0.39, 0.29) is 0 Å². The van der Waals surface area contributed by atoms with Crippen molar-refractivity contribution in [1.29, 1.82) is 0 Å². The molecule has 0 N–H and O–H groups in total. The summed E-state index contributed by atoms with van der Waals surface area (Å²) in [5, 5.41) is 0. The van der Waals surface area contributed by atoms with Crippen LogP contribution >= 0.6 is 0 Å². The van der Waals surface area contributed by atoms with Gasteiger partial charge in [-0.15, -0.1) is 0 Å². The predicted molar refractivity (Wildman–Crippen MR) is 454 cm³/mol. The van der Waals surface area contributed by atoms with Crippen molar-refractivity contribution in [2.45, 2.75) is 98.2 Å². The first-order valence-corrected chi connectivity index (χ1v) is 39.4. The van der Waals surface area contributed by atoms with E-state index in [2.05, 4.69) is 182 Å². The third-order valence-electron chi connectivity index (χ3n) is 20.5. The maximum Gasteiger partial charge on any atom is 0.123 e. The van der Waals surface area contributed by atoms with E-state index >= 15 is 0 Å². The van der Waals surface area contributed by atoms with Crippen LogP contribution in [0.5, 0.6) is 57.5 Å². The largest absolute Gasteiger partial charge is 0.489 e. The molecule has 0 aliphatic heterocycles. The van der Waals surface area contributed by atoms with E-state index in [1.54, 1.807) is 0 Å². The molecular formula is C105H90O10. The fourth-order valence-corrected chi connectivity index (χ4v) is 14.3. The summed E-state index contributed by atoms with van der Waals surface area (Å²) >= 11 is 0. The van der Waals surface area contributed by atoms with Crippen LogP contribution in [0.25, 0.3) is 0 Å². The second-order valence-electron chi connectivity index (χ2n) is 29.0. The molecule has 115 heavy (non-hydrogen) atoms. The molecule has 0 radical (unpaired) electrons. The summed E-state index contributed by atoms with van der Waals surface area (Å²) in [4.78, 5) is 0. The van der Waals surface area contributed by atoms with Gasteiger partial charge in [0, 0.05) is 87.7 Å². The lowest BCUT2D eigenvalue weighted by molar-refractivity contribution is 0.287. The lowest BCUT2D eigenvalue weighted by Crippen LogP contribution is -2.08. The molecule has 0 aromatic heterocycles. The highest BCUT2D eigenvalue weighted by Gasteiger charge is 2.26. The molecule has 10 aliphatic rings. The van der Waals surface area contributed by atoms with Gasteiger partial charge >= 0.3 is 0 Å². The van der Waals surface area contributed by atoms with E-state index in [0.29, 0.717) is 156 Å². The van der Waals surface area contributed by atoms with Crippen molar-refractivity contribution in [1.82, 2.24) is 0 Å². The molecule has 0 amide bonds. The van der Waals surface area contributed by atoms with Crippen LogP contribution in [0.3, 0.4) is 0 Å². The summed E-state index contributed by atoms with van der Waals surface area (Å²) < 4.78 is 72.5. The predicted octanol–water partition coefficient (Wildman–Crippen LogP) is 23.7. The fourth-order valence-electron chi connectivity index (χ4n) is 14.3. The van der Waals surface area contributed by atoms with Gasteiger partial charge in [0.2, 0.25) is 0 Å². The van der Waals surface area contributed by atoms with Gasteiger partial charge in [-0.3, -0.25) is 0 Å². The highest BCUT2D eigenvalue weighted by Crippen LogP contribution is 2.45. The van der Waals surface area contributed by atoms with Crippen molar-refractivity contribution < 1.29 is 47.4 Å². The normalized spacial score (nSPS) is 11.7. The summed E-state index contributed by atoms with van der Waals surface area (Å²) in [6.45, 7) is 2.90. The minimum atomic E-state index is 0.290. The van der Waals surface area contributed by atoms with Crippen LogP contribution in [-0.4, -0.2) is 0 Å². The first-order chi connectivity index (χ1) is 56.9. The standard InChI is InChI=1S/C105H90O10/c1-11-31-76(32-12-1)66-106-96-56-87-52-89-59-101(111-71-81-41-21-6-22-42-81)91(61-100(89)110-70-80-39-19-5-20-40-80)54-93-63-105(115-75-85-49-29-10-30-50-85)95(65-104(93)114-74-84-47-27-9-28-48-84)55-94-64-102(112-72-82-43-23-7-24-44-82)92(62-103(94)113-73-83-45-25-8-26-46-83)53-90-60-98(108-68-78-35-15-3-16-36-78)88(58-99(90)109-69-79-37-17-4-18-38-79)51-86(96)57-97(87)107-67-77-33-13-2-14-34-77/h1-50,56-65H,51-55,66-75H2. The Labute approximate surface area is 674 Å². The summed E-state index contributed by atoms with van der Waals surface area (Å²) in [6.07, 6.45) is 1.74. The van der Waals surface area contributed by atoms with Crippen molar-refractivity contribution in [3.8, 4) is 57.5 Å². The highest BCUT2D eigenvalue weighted by atomic mass is 16.5. The van der Waals surface area contributed by atoms with Crippen molar-refractivity contribution in [2.24, 2.45) is 0 Å². The van der Waals surface area contributed by atoms with Crippen LogP contribution < -0.4 is 47.4 Å². The second kappa shape index (κ2) is 38.0. The zero-order valence-electron chi connectivity index (χ0n) is 64.3. The van der Waals surface area contributed by atoms with E-state index < -0.39 is 0 Å². The van der Waals surface area contributed by atoms with Crippen LogP contribution in [0.2, 0.25) is 0 Å². The maximum absolute atomic E-state index is 7.25. The van der Waals surface area contributed by atoms with E-state index in [0.717, 1.165) is 111 Å². The van der Waals surface area contributed by atoms with Gasteiger partial charge in [-0.05, 0) is 116 Å². The molecule has 25 rings (SSSR count). The molecule has 10 aliphatic carbocycles. The van der Waals surface area contributed by atoms with Crippen LogP contribution in [0.1, 0.15) is 111 Å². The van der Waals surface area contributed by atoms with Crippen LogP contribution in [0, 0.1) is 0 Å². The second-order valence-corrected chi connectivity index (χ2v) is 29.0. The molecule has 0 unspecified atom stereocenters. The Morgan fingerprint density at radius 3 is 0.296 bits per heavy atom. The van der Waals surface area contributed by atoms with E-state index in [4.69, 9.17) is 47.4 Å². The number of ether oxygens (including phenoxy) is 10. The topological polar surface area (TPSA) is 92.3 Å². The number of hydrogen-bond acceptors (Lipinski definition) is 10.